The molecule has 0 unspecified atom stereocenters. The van der Waals surface area contributed by atoms with E-state index in [1.54, 1.807) is 0 Å². The first kappa shape index (κ1) is 23.3. The van der Waals surface area contributed by atoms with Crippen LogP contribution in [0.15, 0.2) is 72.9 Å². The molecule has 4 nitrogen and oxygen atoms in total. The molecular weight excluding hydrogens is 448 g/mol. The summed E-state index contributed by atoms with van der Waals surface area (Å²) >= 11 is 5.93. The third-order valence-corrected chi connectivity index (χ3v) is 7.43. The molecule has 0 aliphatic carbocycles. The lowest BCUT2D eigenvalue weighted by molar-refractivity contribution is 0.565. The second-order valence-electron chi connectivity index (χ2n) is 9.47. The van der Waals surface area contributed by atoms with Gasteiger partial charge in [-0.25, -0.2) is 0 Å². The molecule has 0 bridgehead atoms. The van der Waals surface area contributed by atoms with Crippen molar-refractivity contribution in [2.75, 3.05) is 4.90 Å². The molecule has 1 saturated heterocycles. The van der Waals surface area contributed by atoms with Gasteiger partial charge in [0.1, 0.15) is 0 Å². The van der Waals surface area contributed by atoms with Crippen molar-refractivity contribution in [1.29, 1.82) is 0 Å². The highest BCUT2D eigenvalue weighted by atomic mass is 32.1. The van der Waals surface area contributed by atoms with Crippen LogP contribution >= 0.6 is 12.2 Å². The van der Waals surface area contributed by atoms with Crippen molar-refractivity contribution in [3.05, 3.63) is 112 Å². The van der Waals surface area contributed by atoms with Gasteiger partial charge in [-0.1, -0.05) is 37.3 Å². The van der Waals surface area contributed by atoms with Gasteiger partial charge in [-0.15, -0.1) is 0 Å². The third kappa shape index (κ3) is 4.14. The largest absolute Gasteiger partial charge is 0.351 e. The quantitative estimate of drug-likeness (QED) is 0.317. The van der Waals surface area contributed by atoms with E-state index >= 15 is 0 Å². The summed E-state index contributed by atoms with van der Waals surface area (Å²) < 4.78 is 2.38. The fraction of sp³-hybridized carbons (Fsp3) is 0.267. The zero-order chi connectivity index (χ0) is 24.7. The lowest BCUT2D eigenvalue weighted by Gasteiger charge is -2.28. The maximum absolute atomic E-state index is 5.93. The van der Waals surface area contributed by atoms with Crippen LogP contribution in [0.1, 0.15) is 58.3 Å². The Labute approximate surface area is 213 Å². The second-order valence-corrected chi connectivity index (χ2v) is 9.86. The van der Waals surface area contributed by atoms with E-state index in [-0.39, 0.29) is 12.1 Å². The molecule has 4 aromatic rings. The summed E-state index contributed by atoms with van der Waals surface area (Å²) in [7, 11) is 0. The van der Waals surface area contributed by atoms with Crippen molar-refractivity contribution < 1.29 is 0 Å². The van der Waals surface area contributed by atoms with Gasteiger partial charge in [0.2, 0.25) is 0 Å². The molecule has 1 N–H and O–H groups in total. The standard InChI is InChI=1S/C30H32N4S/c1-6-23-12-14-24(15-13-23)34-29(28(32-30(34)35)26-9-7-8-16-31-26)25-18-21(4)33(22(25)5)27-17-19(2)10-11-20(27)3/h7-18,28-29H,6H2,1-5H3,(H,32,35)/t28-,29+/m0/s1. The number of anilines is 1. The van der Waals surface area contributed by atoms with E-state index in [1.807, 2.05) is 18.3 Å². The average molecular weight is 481 g/mol. The lowest BCUT2D eigenvalue weighted by Crippen LogP contribution is -2.29. The number of hydrogen-bond acceptors (Lipinski definition) is 2. The lowest BCUT2D eigenvalue weighted by atomic mass is 9.96. The zero-order valence-corrected chi connectivity index (χ0v) is 21.9. The summed E-state index contributed by atoms with van der Waals surface area (Å²) in [4.78, 5) is 6.98. The molecule has 2 atom stereocenters. The first-order chi connectivity index (χ1) is 16.9. The fourth-order valence-electron chi connectivity index (χ4n) is 5.26. The SMILES string of the molecule is CCc1ccc(N2C(=S)N[C@@H](c3ccccn3)[C@H]2c2cc(C)n(-c3cc(C)ccc3C)c2C)cc1. The van der Waals surface area contributed by atoms with Crippen LogP contribution in [0.25, 0.3) is 5.69 Å². The van der Waals surface area contributed by atoms with Crippen molar-refractivity contribution in [3.8, 4) is 5.69 Å². The smallest absolute Gasteiger partial charge is 0.174 e. The molecule has 1 aliphatic heterocycles. The average Bonchev–Trinajstić information content (AvgIpc) is 3.36. The van der Waals surface area contributed by atoms with Crippen LogP contribution in [-0.2, 0) is 6.42 Å². The van der Waals surface area contributed by atoms with Crippen molar-refractivity contribution in [2.45, 2.75) is 53.1 Å². The minimum atomic E-state index is -0.0536. The molecule has 2 aromatic carbocycles. The Kier molecular flexibility index (Phi) is 6.20. The normalized spacial score (nSPS) is 17.6. The van der Waals surface area contributed by atoms with Crippen LogP contribution in [0.3, 0.4) is 0 Å². The Morgan fingerprint density at radius 3 is 2.40 bits per heavy atom. The van der Waals surface area contributed by atoms with Gasteiger partial charge in [0, 0.05) is 29.0 Å². The highest BCUT2D eigenvalue weighted by Crippen LogP contribution is 2.44. The summed E-state index contributed by atoms with van der Waals surface area (Å²) in [5.41, 5.74) is 10.8. The van der Waals surface area contributed by atoms with Gasteiger partial charge in [0.25, 0.3) is 0 Å². The molecule has 0 saturated carbocycles. The van der Waals surface area contributed by atoms with Crippen molar-refractivity contribution in [2.24, 2.45) is 0 Å². The molecule has 0 spiro atoms. The van der Waals surface area contributed by atoms with E-state index in [9.17, 15) is 0 Å². The molecule has 5 heteroatoms. The highest BCUT2D eigenvalue weighted by molar-refractivity contribution is 7.80. The zero-order valence-electron chi connectivity index (χ0n) is 21.0. The predicted molar refractivity (Wildman–Crippen MR) is 148 cm³/mol. The molecule has 178 valence electrons. The predicted octanol–water partition coefficient (Wildman–Crippen LogP) is 6.85. The van der Waals surface area contributed by atoms with Crippen molar-refractivity contribution >= 4 is 23.0 Å². The Bertz CT molecular complexity index is 1370. The number of nitrogens with zero attached hydrogens (tertiary/aromatic N) is 3. The van der Waals surface area contributed by atoms with Gasteiger partial charge in [0.15, 0.2) is 5.11 Å². The van der Waals surface area contributed by atoms with Crippen LogP contribution < -0.4 is 10.2 Å². The van der Waals surface area contributed by atoms with Gasteiger partial charge in [-0.3, -0.25) is 4.98 Å². The van der Waals surface area contributed by atoms with Gasteiger partial charge in [0.05, 0.1) is 17.8 Å². The van der Waals surface area contributed by atoms with Gasteiger partial charge < -0.3 is 14.8 Å². The molecule has 0 radical (unpaired) electrons. The Morgan fingerprint density at radius 1 is 0.943 bits per heavy atom. The number of thiocarbonyl (C=S) groups is 1. The molecule has 35 heavy (non-hydrogen) atoms. The van der Waals surface area contributed by atoms with Gasteiger partial charge in [-0.05, 0) is 105 Å². The molecule has 3 heterocycles. The minimum absolute atomic E-state index is 0.0186. The Morgan fingerprint density at radius 2 is 1.71 bits per heavy atom. The van der Waals surface area contributed by atoms with Gasteiger partial charge >= 0.3 is 0 Å². The van der Waals surface area contributed by atoms with E-state index < -0.39 is 0 Å². The van der Waals surface area contributed by atoms with Crippen LogP contribution in [-0.4, -0.2) is 14.7 Å². The third-order valence-electron chi connectivity index (χ3n) is 7.12. The summed E-state index contributed by atoms with van der Waals surface area (Å²) in [6.07, 6.45) is 2.87. The van der Waals surface area contributed by atoms with Crippen LogP contribution in [0, 0.1) is 27.7 Å². The molecule has 0 amide bonds. The second kappa shape index (κ2) is 9.31. The Balaban J connectivity index is 1.68. The number of hydrogen-bond donors (Lipinski definition) is 1. The molecule has 5 rings (SSSR count). The fourth-order valence-corrected chi connectivity index (χ4v) is 5.61. The highest BCUT2D eigenvalue weighted by Gasteiger charge is 2.42. The van der Waals surface area contributed by atoms with Crippen LogP contribution in [0.5, 0.6) is 0 Å². The summed E-state index contributed by atoms with van der Waals surface area (Å²) in [5.74, 6) is 0. The van der Waals surface area contributed by atoms with Gasteiger partial charge in [-0.2, -0.15) is 0 Å². The van der Waals surface area contributed by atoms with Crippen LogP contribution in [0.2, 0.25) is 0 Å². The Hall–Kier alpha value is -3.44. The van der Waals surface area contributed by atoms with Crippen LogP contribution in [0.4, 0.5) is 5.69 Å². The maximum Gasteiger partial charge on any atom is 0.174 e. The maximum atomic E-state index is 5.93. The van der Waals surface area contributed by atoms with Crippen molar-refractivity contribution in [3.63, 3.8) is 0 Å². The summed E-state index contributed by atoms with van der Waals surface area (Å²) in [6.45, 7) is 10.9. The minimum Gasteiger partial charge on any atom is -0.351 e. The topological polar surface area (TPSA) is 33.1 Å². The van der Waals surface area contributed by atoms with E-state index in [4.69, 9.17) is 17.2 Å². The van der Waals surface area contributed by atoms with E-state index in [0.29, 0.717) is 0 Å². The molecular formula is C30H32N4S. The molecule has 1 fully saturated rings. The number of benzene rings is 2. The monoisotopic (exact) mass is 480 g/mol. The first-order valence-electron chi connectivity index (χ1n) is 12.2. The number of rotatable bonds is 5. The number of pyridine rings is 1. The first-order valence-corrected chi connectivity index (χ1v) is 12.7. The summed E-state index contributed by atoms with van der Waals surface area (Å²) in [5, 5.41) is 4.33. The molecule has 1 aliphatic rings. The van der Waals surface area contributed by atoms with Crippen molar-refractivity contribution in [1.82, 2.24) is 14.9 Å². The number of aromatic nitrogens is 2. The number of aryl methyl sites for hydroxylation is 4. The van der Waals surface area contributed by atoms with E-state index in [0.717, 1.165) is 22.9 Å². The van der Waals surface area contributed by atoms with E-state index in [1.165, 1.54) is 39.3 Å². The number of nitrogens with one attached hydrogen (secondary N) is 1. The molecule has 2 aromatic heterocycles. The van der Waals surface area contributed by atoms with E-state index in [2.05, 4.69) is 104 Å². The summed E-state index contributed by atoms with van der Waals surface area (Å²) in [6, 6.07) is 23.7.